The second-order valence-corrected chi connectivity index (χ2v) is 13.6. The van der Waals surface area contributed by atoms with Gasteiger partial charge in [-0.15, -0.1) is 22.7 Å². The zero-order chi connectivity index (χ0) is 26.4. The molecular formula is C30H12N2S7. The van der Waals surface area contributed by atoms with Gasteiger partial charge in [0, 0.05) is 53.9 Å². The van der Waals surface area contributed by atoms with Crippen LogP contribution in [-0.4, -0.2) is 28.2 Å². The fourth-order valence-corrected chi connectivity index (χ4v) is 9.71. The number of allylic oxidation sites excluding steroid dienone is 2. The van der Waals surface area contributed by atoms with Crippen LogP contribution in [0.4, 0.5) is 0 Å². The van der Waals surface area contributed by atoms with Crippen molar-refractivity contribution in [3.8, 4) is 0 Å². The average Bonchev–Trinajstić information content (AvgIpc) is 3.76. The Hall–Kier alpha value is -2.76. The van der Waals surface area contributed by atoms with Gasteiger partial charge in [0.1, 0.15) is 11.0 Å². The quantitative estimate of drug-likeness (QED) is 0.141. The van der Waals surface area contributed by atoms with Crippen molar-refractivity contribution in [3.05, 3.63) is 104 Å². The molecule has 0 bridgehead atoms. The van der Waals surface area contributed by atoms with E-state index in [0.29, 0.717) is 0 Å². The van der Waals surface area contributed by atoms with Crippen LogP contribution in [0.3, 0.4) is 0 Å². The van der Waals surface area contributed by atoms with E-state index in [1.165, 1.54) is 21.1 Å². The minimum Gasteiger partial charge on any atom is -0.172 e. The van der Waals surface area contributed by atoms with E-state index in [0.717, 1.165) is 84.4 Å². The van der Waals surface area contributed by atoms with Gasteiger partial charge < -0.3 is 0 Å². The van der Waals surface area contributed by atoms with Crippen molar-refractivity contribution in [3.63, 3.8) is 0 Å². The van der Waals surface area contributed by atoms with Gasteiger partial charge in [-0.25, -0.2) is 0 Å². The topological polar surface area (TPSA) is 25.8 Å². The lowest BCUT2D eigenvalue weighted by Crippen LogP contribution is -1.97. The van der Waals surface area contributed by atoms with Gasteiger partial charge in [-0.3, -0.25) is 0 Å². The van der Waals surface area contributed by atoms with Crippen LogP contribution in [0, 0.1) is 0 Å². The monoisotopic (exact) mass is 624 g/mol. The number of aromatic nitrogens is 2. The van der Waals surface area contributed by atoms with Gasteiger partial charge >= 0.3 is 0 Å². The molecule has 3 aromatic heterocycles. The van der Waals surface area contributed by atoms with E-state index in [1.807, 2.05) is 48.5 Å². The molecule has 0 aliphatic heterocycles. The van der Waals surface area contributed by atoms with Gasteiger partial charge in [-0.2, -0.15) is 8.75 Å². The molecule has 9 heteroatoms. The predicted molar refractivity (Wildman–Crippen MR) is 184 cm³/mol. The van der Waals surface area contributed by atoms with Crippen molar-refractivity contribution in [1.82, 2.24) is 8.75 Å². The van der Waals surface area contributed by atoms with E-state index in [-0.39, 0.29) is 0 Å². The normalized spacial score (nSPS) is 14.8. The summed E-state index contributed by atoms with van der Waals surface area (Å²) in [6, 6.07) is 20.6. The number of nitrogens with zero attached hydrogens (tertiary/aromatic N) is 2. The highest BCUT2D eigenvalue weighted by molar-refractivity contribution is 7.84. The molecule has 6 aromatic rings. The van der Waals surface area contributed by atoms with Crippen molar-refractivity contribution >= 4 is 146 Å². The van der Waals surface area contributed by atoms with Gasteiger partial charge in [-0.05, 0) is 24.3 Å². The first-order valence-electron chi connectivity index (χ1n) is 11.9. The number of rotatable bonds is 2. The average molecular weight is 625 g/mol. The maximum absolute atomic E-state index is 5.81. The third-order valence-corrected chi connectivity index (χ3v) is 11.7. The smallest absolute Gasteiger partial charge is 0.114 e. The minimum absolute atomic E-state index is 0.813. The minimum atomic E-state index is 0.813. The molecule has 0 saturated carbocycles. The maximum atomic E-state index is 5.81. The lowest BCUT2D eigenvalue weighted by molar-refractivity contribution is 1.66. The molecule has 0 spiro atoms. The SMILES string of the molecule is S=C1C(=Cc2cc3c4nsnc4c4cc(C=C5C(=S)c6ccccc6C5=S)sc4c3s2)C(=S)c2ccccc21. The Labute approximate surface area is 256 Å². The van der Waals surface area contributed by atoms with Gasteiger partial charge in [0.2, 0.25) is 0 Å². The Morgan fingerprint density at radius 1 is 0.538 bits per heavy atom. The summed E-state index contributed by atoms with van der Waals surface area (Å²) in [4.78, 5) is 5.45. The first-order valence-corrected chi connectivity index (χ1v) is 15.9. The third-order valence-electron chi connectivity index (χ3n) is 7.09. The molecule has 0 unspecified atom stereocenters. The van der Waals surface area contributed by atoms with E-state index < -0.39 is 0 Å². The van der Waals surface area contributed by atoms with Crippen molar-refractivity contribution in [2.24, 2.45) is 0 Å². The first-order chi connectivity index (χ1) is 19.0. The summed E-state index contributed by atoms with van der Waals surface area (Å²) < 4.78 is 11.7. The summed E-state index contributed by atoms with van der Waals surface area (Å²) in [5.74, 6) is 0. The van der Waals surface area contributed by atoms with Crippen molar-refractivity contribution in [2.75, 3.05) is 0 Å². The highest BCUT2D eigenvalue weighted by Crippen LogP contribution is 2.44. The predicted octanol–water partition coefficient (Wildman–Crippen LogP) is 9.19. The molecule has 0 atom stereocenters. The fourth-order valence-electron chi connectivity index (χ4n) is 5.29. The second-order valence-electron chi connectivity index (χ2n) is 9.27. The van der Waals surface area contributed by atoms with Crippen LogP contribution in [0.25, 0.3) is 43.4 Å². The molecule has 2 aliphatic rings. The Morgan fingerprint density at radius 3 is 1.26 bits per heavy atom. The number of benzene rings is 3. The second kappa shape index (κ2) is 8.87. The fraction of sp³-hybridized carbons (Fsp3) is 0. The third kappa shape index (κ3) is 3.52. The molecule has 0 fully saturated rings. The summed E-state index contributed by atoms with van der Waals surface area (Å²) in [5.41, 5.74) is 7.91. The molecule has 0 radical (unpaired) electrons. The van der Waals surface area contributed by atoms with E-state index >= 15 is 0 Å². The number of hydrogen-bond donors (Lipinski definition) is 0. The number of thiophene rings is 2. The van der Waals surface area contributed by atoms with E-state index in [1.54, 1.807) is 22.7 Å². The Morgan fingerprint density at radius 2 is 0.897 bits per heavy atom. The molecule has 2 aliphatic carbocycles. The standard InChI is InChI=1S/C30H12N2S7/c33-25-15-5-1-2-6-16(15)26(34)21(25)11-13-9-19-23-24(32-39-31-23)20-10-14(38-30(20)29(19)37-13)12-22-27(35)17-7-3-4-8-18(17)28(22)36/h1-12H. The van der Waals surface area contributed by atoms with Crippen LogP contribution in [0.15, 0.2) is 71.8 Å². The van der Waals surface area contributed by atoms with Crippen LogP contribution in [0.5, 0.6) is 0 Å². The van der Waals surface area contributed by atoms with E-state index in [2.05, 4.69) is 33.0 Å². The van der Waals surface area contributed by atoms with Crippen LogP contribution in [0.2, 0.25) is 0 Å². The van der Waals surface area contributed by atoms with E-state index in [4.69, 9.17) is 48.9 Å². The highest BCUT2D eigenvalue weighted by atomic mass is 32.1. The van der Waals surface area contributed by atoms with E-state index in [9.17, 15) is 0 Å². The highest BCUT2D eigenvalue weighted by Gasteiger charge is 2.28. The number of thiocarbonyl (C=S) groups is 4. The first kappa shape index (κ1) is 24.1. The van der Waals surface area contributed by atoms with Gasteiger partial charge in [0.05, 0.1) is 40.6 Å². The molecular weight excluding hydrogens is 613 g/mol. The molecule has 3 heterocycles. The molecule has 39 heavy (non-hydrogen) atoms. The largest absolute Gasteiger partial charge is 0.172 e. The number of fused-ring (bicyclic) bond motifs is 8. The van der Waals surface area contributed by atoms with Crippen LogP contribution >= 0.6 is 83.3 Å². The van der Waals surface area contributed by atoms with Crippen molar-refractivity contribution in [1.29, 1.82) is 0 Å². The zero-order valence-electron chi connectivity index (χ0n) is 19.7. The molecule has 3 aromatic carbocycles. The van der Waals surface area contributed by atoms with Crippen LogP contribution < -0.4 is 0 Å². The molecule has 2 nitrogen and oxygen atoms in total. The lowest BCUT2D eigenvalue weighted by Gasteiger charge is -1.96. The van der Waals surface area contributed by atoms with Crippen molar-refractivity contribution < 1.29 is 0 Å². The molecule has 0 amide bonds. The molecule has 0 N–H and O–H groups in total. The van der Waals surface area contributed by atoms with Gasteiger partial charge in [0.15, 0.2) is 0 Å². The zero-order valence-corrected chi connectivity index (χ0v) is 25.4. The summed E-state index contributed by atoms with van der Waals surface area (Å²) in [6.07, 6.45) is 4.27. The van der Waals surface area contributed by atoms with Crippen LogP contribution in [0.1, 0.15) is 32.0 Å². The lowest BCUT2D eigenvalue weighted by atomic mass is 10.1. The summed E-state index contributed by atoms with van der Waals surface area (Å²) in [6.45, 7) is 0. The molecule has 0 saturated heterocycles. The Balaban J connectivity index is 1.29. The summed E-state index contributed by atoms with van der Waals surface area (Å²) in [7, 11) is 0. The number of hydrogen-bond acceptors (Lipinski definition) is 9. The molecule has 184 valence electrons. The van der Waals surface area contributed by atoms with Gasteiger partial charge in [-0.1, -0.05) is 97.4 Å². The maximum Gasteiger partial charge on any atom is 0.114 e. The summed E-state index contributed by atoms with van der Waals surface area (Å²) >= 11 is 28.0. The Kier molecular flexibility index (Phi) is 5.48. The van der Waals surface area contributed by atoms with Crippen LogP contribution in [-0.2, 0) is 0 Å². The molecule has 8 rings (SSSR count). The van der Waals surface area contributed by atoms with Gasteiger partial charge in [0.25, 0.3) is 0 Å². The Bertz CT molecular complexity index is 1970. The van der Waals surface area contributed by atoms with Crippen molar-refractivity contribution in [2.45, 2.75) is 0 Å². The summed E-state index contributed by atoms with van der Waals surface area (Å²) in [5, 5.41) is 2.21.